The highest BCUT2D eigenvalue weighted by atomic mass is 32.2. The Morgan fingerprint density at radius 2 is 2.04 bits per heavy atom. The van der Waals surface area contributed by atoms with E-state index in [0.29, 0.717) is 11.5 Å². The predicted molar refractivity (Wildman–Crippen MR) is 112 cm³/mol. The highest BCUT2D eigenvalue weighted by Gasteiger charge is 2.42. The van der Waals surface area contributed by atoms with Gasteiger partial charge in [0.25, 0.3) is 5.91 Å². The molecule has 0 radical (unpaired) electrons. The summed E-state index contributed by atoms with van der Waals surface area (Å²) in [4.78, 5) is 27.6. The molecule has 150 valence electrons. The molecule has 2 heterocycles. The highest BCUT2D eigenvalue weighted by molar-refractivity contribution is 8.00. The second kappa shape index (κ2) is 9.82. The normalized spacial score (nSPS) is 20.1. The van der Waals surface area contributed by atoms with Crippen molar-refractivity contribution in [2.75, 3.05) is 5.75 Å². The summed E-state index contributed by atoms with van der Waals surface area (Å²) in [7, 11) is 0. The number of furan rings is 1. The molecule has 2 amide bonds. The maximum absolute atomic E-state index is 13.0. The van der Waals surface area contributed by atoms with E-state index in [2.05, 4.69) is 24.4 Å². The number of nitrogens with one attached hydrogen (secondary N) is 1. The van der Waals surface area contributed by atoms with Crippen molar-refractivity contribution in [3.8, 4) is 0 Å². The summed E-state index contributed by atoms with van der Waals surface area (Å²) in [5.74, 6) is 0.629. The lowest BCUT2D eigenvalue weighted by Crippen LogP contribution is -2.51. The standard InChI is InChI=1S/C22H28N2O3S/c1-3-8-20-24(22(26)19-11-7-14-27-19)18(15-28-20)21(25)23-16(2)12-13-17-9-5-4-6-10-17/h4-7,9-11,14,16,18,20H,3,8,12-13,15H2,1-2H3,(H,23,25). The van der Waals surface area contributed by atoms with Crippen LogP contribution in [0.5, 0.6) is 0 Å². The molecule has 0 bridgehead atoms. The topological polar surface area (TPSA) is 62.6 Å². The Morgan fingerprint density at radius 1 is 1.25 bits per heavy atom. The Bertz CT molecular complexity index is 763. The fourth-order valence-electron chi connectivity index (χ4n) is 3.47. The van der Waals surface area contributed by atoms with E-state index in [-0.39, 0.29) is 23.2 Å². The van der Waals surface area contributed by atoms with Gasteiger partial charge in [-0.1, -0.05) is 43.7 Å². The van der Waals surface area contributed by atoms with E-state index >= 15 is 0 Å². The molecule has 2 aromatic rings. The molecule has 1 fully saturated rings. The second-order valence-corrected chi connectivity index (χ2v) is 8.43. The van der Waals surface area contributed by atoms with E-state index in [1.165, 1.54) is 11.8 Å². The SMILES string of the molecule is CCCC1SCC(C(=O)NC(C)CCc2ccccc2)N1C(=O)c1ccco1. The van der Waals surface area contributed by atoms with Crippen molar-refractivity contribution in [2.24, 2.45) is 0 Å². The third kappa shape index (κ3) is 4.98. The number of thioether (sulfide) groups is 1. The van der Waals surface area contributed by atoms with Gasteiger partial charge in [-0.25, -0.2) is 0 Å². The Labute approximate surface area is 170 Å². The molecule has 0 saturated carbocycles. The molecule has 0 aliphatic carbocycles. The summed E-state index contributed by atoms with van der Waals surface area (Å²) in [6, 6.07) is 13.2. The van der Waals surface area contributed by atoms with Gasteiger partial charge in [-0.2, -0.15) is 0 Å². The quantitative estimate of drug-likeness (QED) is 0.725. The average Bonchev–Trinajstić information content (AvgIpc) is 3.37. The summed E-state index contributed by atoms with van der Waals surface area (Å²) in [6.45, 7) is 4.11. The van der Waals surface area contributed by atoms with Gasteiger partial charge < -0.3 is 14.6 Å². The smallest absolute Gasteiger partial charge is 0.291 e. The highest BCUT2D eigenvalue weighted by Crippen LogP contribution is 2.33. The molecule has 1 aliphatic heterocycles. The predicted octanol–water partition coefficient (Wildman–Crippen LogP) is 4.10. The third-order valence-electron chi connectivity index (χ3n) is 4.99. The van der Waals surface area contributed by atoms with Crippen molar-refractivity contribution >= 4 is 23.6 Å². The van der Waals surface area contributed by atoms with Crippen molar-refractivity contribution < 1.29 is 14.0 Å². The van der Waals surface area contributed by atoms with Crippen LogP contribution in [0.1, 0.15) is 49.2 Å². The first-order chi connectivity index (χ1) is 13.6. The zero-order valence-electron chi connectivity index (χ0n) is 16.5. The lowest BCUT2D eigenvalue weighted by atomic mass is 10.1. The fraction of sp³-hybridized carbons (Fsp3) is 0.455. The van der Waals surface area contributed by atoms with Crippen LogP contribution in [0.3, 0.4) is 0 Å². The van der Waals surface area contributed by atoms with Gasteiger partial charge in [0.2, 0.25) is 5.91 Å². The lowest BCUT2D eigenvalue weighted by Gasteiger charge is -2.28. The first-order valence-corrected chi connectivity index (χ1v) is 11.0. The molecule has 0 spiro atoms. The Kier molecular flexibility index (Phi) is 7.20. The minimum absolute atomic E-state index is 0.0120. The first kappa shape index (κ1) is 20.5. The van der Waals surface area contributed by atoms with Crippen molar-refractivity contribution in [3.05, 3.63) is 60.1 Å². The maximum atomic E-state index is 13.0. The fourth-order valence-corrected chi connectivity index (χ4v) is 5.00. The van der Waals surface area contributed by atoms with E-state index in [9.17, 15) is 9.59 Å². The van der Waals surface area contributed by atoms with E-state index in [4.69, 9.17) is 4.42 Å². The van der Waals surface area contributed by atoms with Gasteiger partial charge in [0.1, 0.15) is 6.04 Å². The maximum Gasteiger partial charge on any atom is 0.291 e. The molecule has 28 heavy (non-hydrogen) atoms. The van der Waals surface area contributed by atoms with Gasteiger partial charge >= 0.3 is 0 Å². The van der Waals surface area contributed by atoms with Gasteiger partial charge in [-0.05, 0) is 43.9 Å². The number of aryl methyl sites for hydroxylation is 1. The number of hydrogen-bond acceptors (Lipinski definition) is 4. The molecule has 1 aromatic carbocycles. The summed E-state index contributed by atoms with van der Waals surface area (Å²) in [6.07, 6.45) is 5.09. The van der Waals surface area contributed by atoms with E-state index in [0.717, 1.165) is 25.7 Å². The van der Waals surface area contributed by atoms with Crippen molar-refractivity contribution in [1.29, 1.82) is 0 Å². The van der Waals surface area contributed by atoms with Crippen molar-refractivity contribution in [1.82, 2.24) is 10.2 Å². The van der Waals surface area contributed by atoms with Crippen LogP contribution in [0.25, 0.3) is 0 Å². The van der Waals surface area contributed by atoms with Crippen LogP contribution in [0.15, 0.2) is 53.1 Å². The van der Waals surface area contributed by atoms with Crippen LogP contribution in [0.2, 0.25) is 0 Å². The number of rotatable bonds is 8. The molecule has 1 aliphatic rings. The lowest BCUT2D eigenvalue weighted by molar-refractivity contribution is -0.125. The van der Waals surface area contributed by atoms with Crippen LogP contribution in [0, 0.1) is 0 Å². The van der Waals surface area contributed by atoms with Crippen molar-refractivity contribution in [2.45, 2.75) is 57.0 Å². The molecule has 3 unspecified atom stereocenters. The Morgan fingerprint density at radius 3 is 2.71 bits per heavy atom. The summed E-state index contributed by atoms with van der Waals surface area (Å²) < 4.78 is 5.30. The molecule has 3 atom stereocenters. The van der Waals surface area contributed by atoms with Crippen LogP contribution < -0.4 is 5.32 Å². The van der Waals surface area contributed by atoms with E-state index in [1.807, 2.05) is 25.1 Å². The van der Waals surface area contributed by atoms with Crippen LogP contribution >= 0.6 is 11.8 Å². The number of carbonyl (C=O) groups is 2. The van der Waals surface area contributed by atoms with E-state index < -0.39 is 6.04 Å². The van der Waals surface area contributed by atoms with Crippen LogP contribution in [-0.2, 0) is 11.2 Å². The van der Waals surface area contributed by atoms with E-state index in [1.54, 1.807) is 28.8 Å². The number of hydrogen-bond donors (Lipinski definition) is 1. The number of amides is 2. The molecule has 1 aromatic heterocycles. The molecule has 5 nitrogen and oxygen atoms in total. The Hall–Kier alpha value is -2.21. The zero-order chi connectivity index (χ0) is 19.9. The minimum atomic E-state index is -0.460. The monoisotopic (exact) mass is 400 g/mol. The molecular formula is C22H28N2O3S. The Balaban J connectivity index is 1.62. The molecule has 1 saturated heterocycles. The summed E-state index contributed by atoms with van der Waals surface area (Å²) in [5, 5.41) is 3.12. The number of benzene rings is 1. The van der Waals surface area contributed by atoms with Crippen LogP contribution in [-0.4, -0.2) is 39.9 Å². The number of nitrogens with zero attached hydrogens (tertiary/aromatic N) is 1. The van der Waals surface area contributed by atoms with Gasteiger partial charge in [0, 0.05) is 11.8 Å². The van der Waals surface area contributed by atoms with Gasteiger partial charge in [0.05, 0.1) is 11.6 Å². The first-order valence-electron chi connectivity index (χ1n) is 9.92. The molecule has 6 heteroatoms. The minimum Gasteiger partial charge on any atom is -0.459 e. The second-order valence-electron chi connectivity index (χ2n) is 7.22. The molecular weight excluding hydrogens is 372 g/mol. The summed E-state index contributed by atoms with van der Waals surface area (Å²) in [5.41, 5.74) is 1.26. The van der Waals surface area contributed by atoms with Crippen molar-refractivity contribution in [3.63, 3.8) is 0 Å². The molecule has 3 rings (SSSR count). The van der Waals surface area contributed by atoms with Gasteiger partial charge in [-0.15, -0.1) is 11.8 Å². The average molecular weight is 401 g/mol. The largest absolute Gasteiger partial charge is 0.459 e. The molecule has 1 N–H and O–H groups in total. The summed E-state index contributed by atoms with van der Waals surface area (Å²) >= 11 is 1.68. The van der Waals surface area contributed by atoms with Crippen LogP contribution in [0.4, 0.5) is 0 Å². The van der Waals surface area contributed by atoms with Gasteiger partial charge in [0.15, 0.2) is 5.76 Å². The third-order valence-corrected chi connectivity index (χ3v) is 6.35. The number of carbonyl (C=O) groups excluding carboxylic acids is 2. The van der Waals surface area contributed by atoms with Gasteiger partial charge in [-0.3, -0.25) is 9.59 Å². The zero-order valence-corrected chi connectivity index (χ0v) is 17.3.